The van der Waals surface area contributed by atoms with Crippen LogP contribution in [-0.2, 0) is 21.2 Å². The van der Waals surface area contributed by atoms with Crippen molar-refractivity contribution in [3.8, 4) is 0 Å². The average molecular weight is 356 g/mol. The number of fused-ring (bicyclic) bond motifs is 1. The number of benzene rings is 2. The summed E-state index contributed by atoms with van der Waals surface area (Å²) in [5, 5.41) is 3.91. The molecule has 0 radical (unpaired) electrons. The van der Waals surface area contributed by atoms with Crippen LogP contribution in [-0.4, -0.2) is 24.6 Å². The standard InChI is InChI=1S/C19H20N2O3S/c1-3-25(23,24)17-10-8-16(9-11-17)20-19(22)13-21-14(2)12-15-6-4-5-7-18(15)21/h4-12H,3,13H2,1-2H3,(H,20,22). The molecule has 1 N–H and O–H groups in total. The summed E-state index contributed by atoms with van der Waals surface area (Å²) in [6.07, 6.45) is 0. The van der Waals surface area contributed by atoms with Crippen LogP contribution in [0.5, 0.6) is 0 Å². The van der Waals surface area contributed by atoms with Gasteiger partial charge in [-0.3, -0.25) is 4.79 Å². The van der Waals surface area contributed by atoms with Gasteiger partial charge in [0.2, 0.25) is 5.91 Å². The molecule has 0 spiro atoms. The zero-order valence-corrected chi connectivity index (χ0v) is 15.0. The Morgan fingerprint density at radius 2 is 1.76 bits per heavy atom. The van der Waals surface area contributed by atoms with Crippen molar-refractivity contribution in [3.63, 3.8) is 0 Å². The van der Waals surface area contributed by atoms with Crippen molar-refractivity contribution >= 4 is 32.3 Å². The zero-order valence-electron chi connectivity index (χ0n) is 14.2. The fourth-order valence-corrected chi connectivity index (χ4v) is 3.70. The van der Waals surface area contributed by atoms with Gasteiger partial charge in [-0.05, 0) is 48.7 Å². The minimum atomic E-state index is -3.23. The van der Waals surface area contributed by atoms with E-state index in [2.05, 4.69) is 5.32 Å². The number of sulfone groups is 1. The van der Waals surface area contributed by atoms with Crippen LogP contribution in [0, 0.1) is 6.92 Å². The number of amides is 1. The lowest BCUT2D eigenvalue weighted by Gasteiger charge is -2.10. The Bertz CT molecular complexity index is 1020. The second-order valence-corrected chi connectivity index (χ2v) is 8.18. The number of anilines is 1. The number of nitrogens with one attached hydrogen (secondary N) is 1. The minimum Gasteiger partial charge on any atom is -0.335 e. The molecule has 0 saturated carbocycles. The molecule has 6 heteroatoms. The Hall–Kier alpha value is -2.60. The van der Waals surface area contributed by atoms with Crippen molar-refractivity contribution in [2.45, 2.75) is 25.3 Å². The number of carbonyl (C=O) groups is 1. The number of aromatic nitrogens is 1. The highest BCUT2D eigenvalue weighted by Gasteiger charge is 2.12. The predicted octanol–water partition coefficient (Wildman–Crippen LogP) is 3.38. The molecular weight excluding hydrogens is 336 g/mol. The summed E-state index contributed by atoms with van der Waals surface area (Å²) in [5.41, 5.74) is 2.61. The fraction of sp³-hybridized carbons (Fsp3) is 0.211. The van der Waals surface area contributed by atoms with Gasteiger partial charge in [0.05, 0.1) is 10.6 Å². The molecule has 5 nitrogen and oxygen atoms in total. The molecule has 0 atom stereocenters. The topological polar surface area (TPSA) is 68.2 Å². The van der Waals surface area contributed by atoms with E-state index in [1.165, 1.54) is 12.1 Å². The van der Waals surface area contributed by atoms with Gasteiger partial charge in [-0.15, -0.1) is 0 Å². The molecule has 0 aliphatic rings. The monoisotopic (exact) mass is 356 g/mol. The third kappa shape index (κ3) is 3.58. The van der Waals surface area contributed by atoms with E-state index in [4.69, 9.17) is 0 Å². The van der Waals surface area contributed by atoms with E-state index in [1.54, 1.807) is 19.1 Å². The molecule has 130 valence electrons. The van der Waals surface area contributed by atoms with Crippen molar-refractivity contribution in [2.24, 2.45) is 0 Å². The van der Waals surface area contributed by atoms with Crippen LogP contribution >= 0.6 is 0 Å². The quantitative estimate of drug-likeness (QED) is 0.762. The van der Waals surface area contributed by atoms with Crippen LogP contribution in [0.2, 0.25) is 0 Å². The lowest BCUT2D eigenvalue weighted by atomic mass is 10.2. The predicted molar refractivity (Wildman–Crippen MR) is 99.5 cm³/mol. The van der Waals surface area contributed by atoms with Crippen molar-refractivity contribution in [1.82, 2.24) is 4.57 Å². The third-order valence-electron chi connectivity index (χ3n) is 4.20. The second-order valence-electron chi connectivity index (χ2n) is 5.91. The van der Waals surface area contributed by atoms with Crippen molar-refractivity contribution < 1.29 is 13.2 Å². The van der Waals surface area contributed by atoms with Crippen LogP contribution in [0.4, 0.5) is 5.69 Å². The first kappa shape index (κ1) is 17.2. The van der Waals surface area contributed by atoms with Crippen LogP contribution in [0.1, 0.15) is 12.6 Å². The van der Waals surface area contributed by atoms with Gasteiger partial charge in [0.25, 0.3) is 0 Å². The lowest BCUT2D eigenvalue weighted by Crippen LogP contribution is -2.19. The van der Waals surface area contributed by atoms with Crippen LogP contribution in [0.25, 0.3) is 10.9 Å². The Labute approximate surface area is 147 Å². The molecule has 0 saturated heterocycles. The maximum absolute atomic E-state index is 12.4. The summed E-state index contributed by atoms with van der Waals surface area (Å²) < 4.78 is 25.6. The molecule has 0 bridgehead atoms. The Morgan fingerprint density at radius 3 is 2.44 bits per heavy atom. The van der Waals surface area contributed by atoms with E-state index in [0.717, 1.165) is 16.6 Å². The molecule has 2 aromatic carbocycles. The van der Waals surface area contributed by atoms with Gasteiger partial charge < -0.3 is 9.88 Å². The number of rotatable bonds is 5. The molecule has 1 aromatic heterocycles. The first-order valence-electron chi connectivity index (χ1n) is 8.08. The Balaban J connectivity index is 1.75. The highest BCUT2D eigenvalue weighted by molar-refractivity contribution is 7.91. The molecule has 25 heavy (non-hydrogen) atoms. The number of para-hydroxylation sites is 1. The van der Waals surface area contributed by atoms with Crippen molar-refractivity contribution in [1.29, 1.82) is 0 Å². The van der Waals surface area contributed by atoms with Crippen LogP contribution in [0.3, 0.4) is 0 Å². The van der Waals surface area contributed by atoms with Gasteiger partial charge >= 0.3 is 0 Å². The Kier molecular flexibility index (Phi) is 4.63. The molecule has 0 fully saturated rings. The molecule has 0 unspecified atom stereocenters. The summed E-state index contributed by atoms with van der Waals surface area (Å²) in [6.45, 7) is 3.78. The molecule has 1 heterocycles. The zero-order chi connectivity index (χ0) is 18.0. The van der Waals surface area contributed by atoms with Crippen LogP contribution < -0.4 is 5.32 Å². The van der Waals surface area contributed by atoms with Crippen molar-refractivity contribution in [3.05, 3.63) is 60.3 Å². The fourth-order valence-electron chi connectivity index (χ4n) is 2.81. The number of carbonyl (C=O) groups excluding carboxylic acids is 1. The van der Waals surface area contributed by atoms with Gasteiger partial charge in [0.15, 0.2) is 9.84 Å². The Morgan fingerprint density at radius 1 is 1.08 bits per heavy atom. The van der Waals surface area contributed by atoms with Gasteiger partial charge in [-0.2, -0.15) is 0 Å². The number of hydrogen-bond acceptors (Lipinski definition) is 3. The SMILES string of the molecule is CCS(=O)(=O)c1ccc(NC(=O)Cn2c(C)cc3ccccc32)cc1. The highest BCUT2D eigenvalue weighted by Crippen LogP contribution is 2.20. The van der Waals surface area contributed by atoms with Gasteiger partial charge in [-0.25, -0.2) is 8.42 Å². The summed E-state index contributed by atoms with van der Waals surface area (Å²) in [7, 11) is -3.23. The molecule has 1 amide bonds. The lowest BCUT2D eigenvalue weighted by molar-refractivity contribution is -0.116. The smallest absolute Gasteiger partial charge is 0.244 e. The molecule has 3 aromatic rings. The third-order valence-corrected chi connectivity index (χ3v) is 5.95. The summed E-state index contributed by atoms with van der Waals surface area (Å²) in [6, 6.07) is 16.2. The maximum atomic E-state index is 12.4. The number of nitrogens with zero attached hydrogens (tertiary/aromatic N) is 1. The average Bonchev–Trinajstić information content (AvgIpc) is 2.91. The van der Waals surface area contributed by atoms with Crippen LogP contribution in [0.15, 0.2) is 59.5 Å². The summed E-state index contributed by atoms with van der Waals surface area (Å²) in [5.74, 6) is -0.103. The summed E-state index contributed by atoms with van der Waals surface area (Å²) in [4.78, 5) is 12.6. The van der Waals surface area contributed by atoms with E-state index in [0.29, 0.717) is 5.69 Å². The normalized spacial score (nSPS) is 11.6. The highest BCUT2D eigenvalue weighted by atomic mass is 32.2. The van der Waals surface area contributed by atoms with Gasteiger partial charge in [0, 0.05) is 16.9 Å². The second kappa shape index (κ2) is 6.72. The molecular formula is C19H20N2O3S. The van der Waals surface area contributed by atoms with Gasteiger partial charge in [-0.1, -0.05) is 25.1 Å². The molecule has 0 aliphatic heterocycles. The minimum absolute atomic E-state index is 0.0543. The van der Waals surface area contributed by atoms with Crippen molar-refractivity contribution in [2.75, 3.05) is 11.1 Å². The van der Waals surface area contributed by atoms with Gasteiger partial charge in [0.1, 0.15) is 6.54 Å². The van der Waals surface area contributed by atoms with E-state index in [-0.39, 0.29) is 23.1 Å². The van der Waals surface area contributed by atoms with E-state index >= 15 is 0 Å². The van der Waals surface area contributed by atoms with E-state index < -0.39 is 9.84 Å². The first-order valence-corrected chi connectivity index (χ1v) is 9.73. The molecule has 3 rings (SSSR count). The van der Waals surface area contributed by atoms with E-state index in [1.807, 2.05) is 41.8 Å². The number of aryl methyl sites for hydroxylation is 1. The molecule has 0 aliphatic carbocycles. The first-order chi connectivity index (χ1) is 11.9. The maximum Gasteiger partial charge on any atom is 0.244 e. The summed E-state index contributed by atoms with van der Waals surface area (Å²) >= 11 is 0. The van der Waals surface area contributed by atoms with E-state index in [9.17, 15) is 13.2 Å². The largest absolute Gasteiger partial charge is 0.335 e. The number of hydrogen-bond donors (Lipinski definition) is 1.